The van der Waals surface area contributed by atoms with Gasteiger partial charge in [-0.15, -0.1) is 0 Å². The smallest absolute Gasteiger partial charge is 0.326 e. The molecule has 42 heavy (non-hydrogen) atoms. The van der Waals surface area contributed by atoms with Crippen LogP contribution in [0.2, 0.25) is 0 Å². The van der Waals surface area contributed by atoms with E-state index in [0.717, 1.165) is 0 Å². The van der Waals surface area contributed by atoms with Crippen molar-refractivity contribution >= 4 is 51.7 Å². The number of amides is 1. The molecular formula is C26H24N6O9S. The molecule has 0 saturated heterocycles. The molecule has 0 aliphatic rings. The van der Waals surface area contributed by atoms with Gasteiger partial charge in [-0.1, -0.05) is 0 Å². The van der Waals surface area contributed by atoms with Crippen LogP contribution in [-0.4, -0.2) is 68.9 Å². The second-order valence-corrected chi connectivity index (χ2v) is 9.79. The summed E-state index contributed by atoms with van der Waals surface area (Å²) < 4.78 is 22.7. The van der Waals surface area contributed by atoms with E-state index >= 15 is 0 Å². The number of aromatic nitrogens is 2. The van der Waals surface area contributed by atoms with Gasteiger partial charge in [-0.3, -0.25) is 24.3 Å². The number of nitrogens with one attached hydrogen (secondary N) is 4. The minimum absolute atomic E-state index is 0.00891. The Kier molecular flexibility index (Phi) is 8.39. The second-order valence-electron chi connectivity index (χ2n) is 9.09. The summed E-state index contributed by atoms with van der Waals surface area (Å²) in [5.74, 6) is -4.57. The number of benzene rings is 3. The van der Waals surface area contributed by atoms with Crippen LogP contribution in [0.5, 0.6) is 11.5 Å². The van der Waals surface area contributed by atoms with Crippen molar-refractivity contribution in [3.63, 3.8) is 0 Å². The maximum atomic E-state index is 12.8. The number of carbonyl (C=O) groups is 3. The number of hydrogen-bond acceptors (Lipinski definition) is 8. The number of phenolic OH excluding ortho intramolecular Hbond substituents is 2. The quantitative estimate of drug-likeness (QED) is 0.0515. The Morgan fingerprint density at radius 2 is 1.74 bits per heavy atom. The van der Waals surface area contributed by atoms with Crippen LogP contribution in [0.25, 0.3) is 33.5 Å². The van der Waals surface area contributed by atoms with Gasteiger partial charge in [-0.05, 0) is 54.1 Å². The number of nitrogen functional groups attached to an aromatic ring is 1. The van der Waals surface area contributed by atoms with Crippen LogP contribution < -0.4 is 15.8 Å². The summed E-state index contributed by atoms with van der Waals surface area (Å²) in [4.78, 5) is 42.7. The molecule has 15 nitrogen and oxygen atoms in total. The van der Waals surface area contributed by atoms with E-state index < -0.39 is 53.7 Å². The number of rotatable bonds is 11. The average Bonchev–Trinajstić information content (AvgIpc) is 3.33. The van der Waals surface area contributed by atoms with Gasteiger partial charge in [0.2, 0.25) is 5.91 Å². The van der Waals surface area contributed by atoms with Crippen molar-refractivity contribution in [2.75, 3.05) is 4.72 Å². The van der Waals surface area contributed by atoms with Gasteiger partial charge in [0.1, 0.15) is 29.2 Å². The lowest BCUT2D eigenvalue weighted by atomic mass is 9.95. The van der Waals surface area contributed by atoms with Crippen molar-refractivity contribution in [1.82, 2.24) is 15.3 Å². The Morgan fingerprint density at radius 3 is 2.38 bits per heavy atom. The van der Waals surface area contributed by atoms with Crippen LogP contribution in [0.4, 0.5) is 5.69 Å². The number of nitrogens with two attached hydrogens (primary N) is 1. The summed E-state index contributed by atoms with van der Waals surface area (Å²) in [7, 11) is 0. The number of aromatic hydroxyl groups is 2. The van der Waals surface area contributed by atoms with Gasteiger partial charge in [0, 0.05) is 22.4 Å². The predicted octanol–water partition coefficient (Wildman–Crippen LogP) is 1.73. The van der Waals surface area contributed by atoms with Crippen molar-refractivity contribution in [3.05, 3.63) is 59.7 Å². The highest BCUT2D eigenvalue weighted by Crippen LogP contribution is 2.43. The zero-order valence-corrected chi connectivity index (χ0v) is 22.2. The van der Waals surface area contributed by atoms with Crippen LogP contribution in [0.1, 0.15) is 17.5 Å². The molecule has 11 N–H and O–H groups in total. The molecular weight excluding hydrogens is 572 g/mol. The second kappa shape index (κ2) is 11.9. The van der Waals surface area contributed by atoms with Gasteiger partial charge >= 0.3 is 11.9 Å². The van der Waals surface area contributed by atoms with Crippen molar-refractivity contribution in [3.8, 4) is 34.0 Å². The van der Waals surface area contributed by atoms with Crippen LogP contribution in [0.15, 0.2) is 48.5 Å². The van der Waals surface area contributed by atoms with E-state index in [4.69, 9.17) is 16.2 Å². The number of phenols is 2. The molecule has 0 saturated carbocycles. The SMILES string of the molecule is N=C(N)c1ccc2nc(-c3cc(CC(=O)N[C@@H](CC(=O)O)C(=O)O)cc(-c4cc(NS(=O)O)ccc4O)c3O)[nH]c2c1. The highest BCUT2D eigenvalue weighted by molar-refractivity contribution is 7.80. The van der Waals surface area contributed by atoms with Crippen molar-refractivity contribution in [1.29, 1.82) is 5.41 Å². The fourth-order valence-electron chi connectivity index (χ4n) is 4.21. The molecule has 0 radical (unpaired) electrons. The molecule has 1 amide bonds. The first-order valence-corrected chi connectivity index (χ1v) is 13.1. The average molecular weight is 597 g/mol. The summed E-state index contributed by atoms with van der Waals surface area (Å²) >= 11 is -2.44. The minimum Gasteiger partial charge on any atom is -0.507 e. The lowest BCUT2D eigenvalue weighted by molar-refractivity contribution is -0.147. The highest BCUT2D eigenvalue weighted by atomic mass is 32.2. The molecule has 3 aromatic carbocycles. The number of anilines is 1. The standard InChI is InChI=1S/C26H24N6O9S/c27-24(28)12-1-3-17-18(8-12)31-25(30-17)16-6-11(7-21(34)29-19(26(38)39)10-22(35)36)5-15(23(16)37)14-9-13(32-42(40)41)2-4-20(14)33/h1-6,8-9,19,32-33,37H,7,10H2,(H3,27,28)(H,29,34)(H,30,31)(H,35,36)(H,38,39)(H,40,41)/t19-/m0/s1. The van der Waals surface area contributed by atoms with E-state index in [9.17, 15) is 38.5 Å². The third kappa shape index (κ3) is 6.62. The molecule has 1 heterocycles. The normalized spacial score (nSPS) is 12.4. The summed E-state index contributed by atoms with van der Waals surface area (Å²) in [6.07, 6.45) is -1.31. The molecule has 0 bridgehead atoms. The lowest BCUT2D eigenvalue weighted by Crippen LogP contribution is -2.42. The number of fused-ring (bicyclic) bond motifs is 1. The molecule has 0 aliphatic carbocycles. The Morgan fingerprint density at radius 1 is 1.02 bits per heavy atom. The number of aromatic amines is 1. The number of imidazole rings is 1. The van der Waals surface area contributed by atoms with Gasteiger partial charge < -0.3 is 36.5 Å². The molecule has 1 aromatic heterocycles. The number of carboxylic acids is 2. The molecule has 1 unspecified atom stereocenters. The zero-order valence-electron chi connectivity index (χ0n) is 21.4. The molecule has 4 rings (SSSR count). The number of aliphatic carboxylic acids is 2. The van der Waals surface area contributed by atoms with Gasteiger partial charge in [0.05, 0.1) is 29.4 Å². The molecule has 0 spiro atoms. The first-order valence-electron chi connectivity index (χ1n) is 12.0. The van der Waals surface area contributed by atoms with Crippen molar-refractivity contribution in [2.24, 2.45) is 5.73 Å². The Hall–Kier alpha value is -5.48. The third-order valence-electron chi connectivity index (χ3n) is 6.09. The van der Waals surface area contributed by atoms with Crippen LogP contribution in [0, 0.1) is 5.41 Å². The van der Waals surface area contributed by atoms with Crippen LogP contribution >= 0.6 is 0 Å². The minimum atomic E-state index is -2.44. The monoisotopic (exact) mass is 596 g/mol. The zero-order chi connectivity index (χ0) is 30.7. The maximum absolute atomic E-state index is 12.8. The molecule has 4 aromatic rings. The van der Waals surface area contributed by atoms with Gasteiger partial charge in [0.25, 0.3) is 11.3 Å². The first-order chi connectivity index (χ1) is 19.8. The van der Waals surface area contributed by atoms with Crippen LogP contribution in [0.3, 0.4) is 0 Å². The Balaban J connectivity index is 1.84. The number of carboxylic acid groups (broad SMARTS) is 2. The fourth-order valence-corrected chi connectivity index (χ4v) is 4.54. The highest BCUT2D eigenvalue weighted by Gasteiger charge is 2.24. The Labute approximate surface area is 239 Å². The van der Waals surface area contributed by atoms with Crippen molar-refractivity contribution in [2.45, 2.75) is 18.9 Å². The van der Waals surface area contributed by atoms with Crippen LogP contribution in [-0.2, 0) is 32.1 Å². The summed E-state index contributed by atoms with van der Waals surface area (Å²) in [6, 6.07) is 9.64. The fraction of sp³-hybridized carbons (Fsp3) is 0.115. The van der Waals surface area contributed by atoms with E-state index in [-0.39, 0.29) is 45.4 Å². The topological polar surface area (TPSA) is 272 Å². The summed E-state index contributed by atoms with van der Waals surface area (Å²) in [5.41, 5.74) is 7.31. The van der Waals surface area contributed by atoms with Crippen molar-refractivity contribution < 1.29 is 43.6 Å². The van der Waals surface area contributed by atoms with E-state index in [0.29, 0.717) is 16.6 Å². The van der Waals surface area contributed by atoms with E-state index in [1.54, 1.807) is 18.2 Å². The Bertz CT molecular complexity index is 1770. The van der Waals surface area contributed by atoms with Gasteiger partial charge in [-0.25, -0.2) is 14.0 Å². The first kappa shape index (κ1) is 29.5. The van der Waals surface area contributed by atoms with Gasteiger partial charge in [0.15, 0.2) is 0 Å². The summed E-state index contributed by atoms with van der Waals surface area (Å²) in [5, 5.41) is 50.0. The summed E-state index contributed by atoms with van der Waals surface area (Å²) in [6.45, 7) is 0. The van der Waals surface area contributed by atoms with E-state index in [2.05, 4.69) is 20.0 Å². The number of carbonyl (C=O) groups excluding carboxylic acids is 1. The largest absolute Gasteiger partial charge is 0.507 e. The molecule has 0 aliphatic heterocycles. The molecule has 0 fully saturated rings. The number of nitrogens with zero attached hydrogens (tertiary/aromatic N) is 1. The van der Waals surface area contributed by atoms with E-state index in [1.807, 2.05) is 0 Å². The van der Waals surface area contributed by atoms with E-state index in [1.165, 1.54) is 30.3 Å². The molecule has 2 atom stereocenters. The number of amidine groups is 1. The maximum Gasteiger partial charge on any atom is 0.326 e. The molecule has 16 heteroatoms. The number of H-pyrrole nitrogens is 1. The third-order valence-corrected chi connectivity index (χ3v) is 6.50. The number of hydrogen-bond donors (Lipinski definition) is 10. The lowest BCUT2D eigenvalue weighted by Gasteiger charge is -2.16. The predicted molar refractivity (Wildman–Crippen MR) is 151 cm³/mol. The molecule has 218 valence electrons. The van der Waals surface area contributed by atoms with Gasteiger partial charge in [-0.2, -0.15) is 0 Å².